The summed E-state index contributed by atoms with van der Waals surface area (Å²) in [6.07, 6.45) is 7.79. The van der Waals surface area contributed by atoms with Crippen LogP contribution in [0.5, 0.6) is 0 Å². The molecule has 1 aromatic carbocycles. The summed E-state index contributed by atoms with van der Waals surface area (Å²) in [5.74, 6) is 0.486. The molecule has 8 heteroatoms. The Labute approximate surface area is 200 Å². The molecule has 1 aromatic rings. The van der Waals surface area contributed by atoms with Crippen molar-refractivity contribution in [3.8, 4) is 0 Å². The van der Waals surface area contributed by atoms with E-state index >= 15 is 0 Å². The summed E-state index contributed by atoms with van der Waals surface area (Å²) in [6, 6.07) is 5.23. The van der Waals surface area contributed by atoms with Crippen LogP contribution in [-0.4, -0.2) is 84.0 Å². The monoisotopic (exact) mass is 481 g/mol. The molecule has 2 aliphatic heterocycles. The van der Waals surface area contributed by atoms with Crippen molar-refractivity contribution < 1.29 is 14.7 Å². The van der Waals surface area contributed by atoms with E-state index in [1.807, 2.05) is 4.90 Å². The molecule has 0 atom stereocenters. The van der Waals surface area contributed by atoms with Gasteiger partial charge in [0.25, 0.3) is 0 Å². The van der Waals surface area contributed by atoms with Crippen molar-refractivity contribution in [2.75, 3.05) is 52.4 Å². The number of carbonyl (C=O) groups is 2. The lowest BCUT2D eigenvalue weighted by Gasteiger charge is -2.31. The lowest BCUT2D eigenvalue weighted by Crippen LogP contribution is -2.37. The second kappa shape index (κ2) is 12.6. The van der Waals surface area contributed by atoms with Gasteiger partial charge in [-0.15, -0.1) is 0 Å². The molecule has 176 valence electrons. The van der Waals surface area contributed by atoms with Crippen LogP contribution in [0, 0.1) is 5.92 Å². The largest absolute Gasteiger partial charge is 0.396 e. The molecule has 0 radical (unpaired) electrons. The fourth-order valence-corrected chi connectivity index (χ4v) is 4.55. The van der Waals surface area contributed by atoms with Crippen LogP contribution < -0.4 is 0 Å². The van der Waals surface area contributed by atoms with Crippen LogP contribution in [0.4, 0.5) is 0 Å². The highest BCUT2D eigenvalue weighted by atomic mass is 35.5. The van der Waals surface area contributed by atoms with Crippen molar-refractivity contribution in [3.63, 3.8) is 0 Å². The van der Waals surface area contributed by atoms with Gasteiger partial charge in [-0.3, -0.25) is 9.59 Å². The summed E-state index contributed by atoms with van der Waals surface area (Å²) < 4.78 is 0. The van der Waals surface area contributed by atoms with E-state index in [9.17, 15) is 14.7 Å². The molecular formula is C24H33Cl2N3O3. The smallest absolute Gasteiger partial charge is 0.246 e. The molecule has 0 unspecified atom stereocenters. The van der Waals surface area contributed by atoms with Gasteiger partial charge in [-0.2, -0.15) is 0 Å². The Morgan fingerprint density at radius 2 is 1.78 bits per heavy atom. The Morgan fingerprint density at radius 3 is 2.50 bits per heavy atom. The Kier molecular flexibility index (Phi) is 9.85. The minimum atomic E-state index is -0.1000. The molecule has 0 aromatic heterocycles. The van der Waals surface area contributed by atoms with E-state index in [1.54, 1.807) is 29.2 Å². The molecule has 2 amide bonds. The highest BCUT2D eigenvalue weighted by molar-refractivity contribution is 6.42. The normalized spacial score (nSPS) is 19.0. The van der Waals surface area contributed by atoms with Crippen LogP contribution in [-0.2, 0) is 9.59 Å². The molecule has 3 rings (SSSR count). The van der Waals surface area contributed by atoms with Crippen molar-refractivity contribution in [1.29, 1.82) is 0 Å². The number of hydrogen-bond acceptors (Lipinski definition) is 4. The van der Waals surface area contributed by atoms with Gasteiger partial charge in [-0.1, -0.05) is 29.3 Å². The van der Waals surface area contributed by atoms with Crippen LogP contribution >= 0.6 is 23.2 Å². The first kappa shape index (κ1) is 25.0. The summed E-state index contributed by atoms with van der Waals surface area (Å²) in [5.41, 5.74) is 0.806. The molecule has 0 saturated carbocycles. The average Bonchev–Trinajstić information content (AvgIpc) is 2.99. The fraction of sp³-hybridized carbons (Fsp3) is 0.583. The number of aliphatic hydroxyl groups excluding tert-OH is 1. The third-order valence-corrected chi connectivity index (χ3v) is 7.12. The fourth-order valence-electron chi connectivity index (χ4n) is 4.24. The molecule has 0 aliphatic carbocycles. The van der Waals surface area contributed by atoms with Gasteiger partial charge < -0.3 is 19.8 Å². The number of aliphatic hydroxyl groups is 1. The van der Waals surface area contributed by atoms with E-state index < -0.39 is 0 Å². The number of benzene rings is 1. The molecule has 0 bridgehead atoms. The van der Waals surface area contributed by atoms with E-state index in [2.05, 4.69) is 4.90 Å². The van der Waals surface area contributed by atoms with Crippen molar-refractivity contribution in [2.45, 2.75) is 32.1 Å². The SMILES string of the molecule is O=C(C=Cc1ccc(Cl)c(Cl)c1)N1CCC(=O)N(CCCCN2CCC(CO)CC2)CC1. The average molecular weight is 482 g/mol. The number of likely N-dealkylation sites (tertiary alicyclic amines) is 1. The molecule has 2 aliphatic rings. The molecule has 2 fully saturated rings. The van der Waals surface area contributed by atoms with Crippen molar-refractivity contribution in [1.82, 2.24) is 14.7 Å². The van der Waals surface area contributed by atoms with Gasteiger partial charge in [0.1, 0.15) is 0 Å². The molecular weight excluding hydrogens is 449 g/mol. The molecule has 0 spiro atoms. The van der Waals surface area contributed by atoms with E-state index in [4.69, 9.17) is 23.2 Å². The van der Waals surface area contributed by atoms with Gasteiger partial charge in [0, 0.05) is 45.3 Å². The maximum absolute atomic E-state index is 12.6. The van der Waals surface area contributed by atoms with Gasteiger partial charge in [0.15, 0.2) is 0 Å². The second-order valence-corrected chi connectivity index (χ2v) is 9.45. The number of carbonyl (C=O) groups excluding carboxylic acids is 2. The Hall–Kier alpha value is -1.60. The van der Waals surface area contributed by atoms with Crippen molar-refractivity contribution >= 4 is 41.1 Å². The zero-order valence-electron chi connectivity index (χ0n) is 18.5. The molecule has 1 N–H and O–H groups in total. The second-order valence-electron chi connectivity index (χ2n) is 8.64. The maximum atomic E-state index is 12.6. The van der Waals surface area contributed by atoms with Crippen LogP contribution in [0.2, 0.25) is 10.0 Å². The van der Waals surface area contributed by atoms with E-state index in [-0.39, 0.29) is 11.8 Å². The Balaban J connectivity index is 1.39. The number of halogens is 2. The number of nitrogens with zero attached hydrogens (tertiary/aromatic N) is 3. The summed E-state index contributed by atoms with van der Waals surface area (Å²) in [5, 5.41) is 10.2. The standard InChI is InChI=1S/C24H33Cl2N3O3/c25-21-5-3-19(17-22(21)26)4-6-23(31)29-14-9-24(32)28(15-16-29)11-2-1-10-27-12-7-20(18-30)8-13-27/h3-6,17,20,30H,1-2,7-16,18H2. The molecule has 6 nitrogen and oxygen atoms in total. The minimum Gasteiger partial charge on any atom is -0.396 e. The zero-order valence-corrected chi connectivity index (χ0v) is 20.0. The number of amides is 2. The number of hydrogen-bond donors (Lipinski definition) is 1. The molecule has 2 heterocycles. The highest BCUT2D eigenvalue weighted by Crippen LogP contribution is 2.23. The number of unbranched alkanes of at least 4 members (excludes halogenated alkanes) is 1. The van der Waals surface area contributed by atoms with Gasteiger partial charge >= 0.3 is 0 Å². The first-order valence-corrected chi connectivity index (χ1v) is 12.2. The third-order valence-electron chi connectivity index (χ3n) is 6.38. The zero-order chi connectivity index (χ0) is 22.9. The topological polar surface area (TPSA) is 64.1 Å². The van der Waals surface area contributed by atoms with Gasteiger partial charge in [-0.25, -0.2) is 0 Å². The predicted octanol–water partition coefficient (Wildman–Crippen LogP) is 3.55. The van der Waals surface area contributed by atoms with Gasteiger partial charge in [0.2, 0.25) is 11.8 Å². The number of rotatable bonds is 8. The summed E-state index contributed by atoms with van der Waals surface area (Å²) in [4.78, 5) is 31.2. The molecule has 2 saturated heterocycles. The molecule has 32 heavy (non-hydrogen) atoms. The quantitative estimate of drug-likeness (QED) is 0.455. The highest BCUT2D eigenvalue weighted by Gasteiger charge is 2.23. The Bertz CT molecular complexity index is 810. The minimum absolute atomic E-state index is 0.1000. The van der Waals surface area contributed by atoms with Crippen LogP contribution in [0.25, 0.3) is 6.08 Å². The summed E-state index contributed by atoms with van der Waals surface area (Å²) in [6.45, 7) is 5.77. The number of piperidine rings is 1. The van der Waals surface area contributed by atoms with E-state index in [0.717, 1.165) is 57.4 Å². The van der Waals surface area contributed by atoms with Crippen LogP contribution in [0.15, 0.2) is 24.3 Å². The predicted molar refractivity (Wildman–Crippen MR) is 129 cm³/mol. The summed E-state index contributed by atoms with van der Waals surface area (Å²) in [7, 11) is 0. The van der Waals surface area contributed by atoms with E-state index in [1.165, 1.54) is 6.08 Å². The van der Waals surface area contributed by atoms with Crippen LogP contribution in [0.1, 0.15) is 37.7 Å². The summed E-state index contributed by atoms with van der Waals surface area (Å²) >= 11 is 12.0. The Morgan fingerprint density at radius 1 is 1.03 bits per heavy atom. The third kappa shape index (κ3) is 7.48. The first-order chi connectivity index (χ1) is 15.5. The van der Waals surface area contributed by atoms with E-state index in [0.29, 0.717) is 48.6 Å². The maximum Gasteiger partial charge on any atom is 0.246 e. The van der Waals surface area contributed by atoms with Crippen LogP contribution in [0.3, 0.4) is 0 Å². The lowest BCUT2D eigenvalue weighted by molar-refractivity contribution is -0.130. The lowest BCUT2D eigenvalue weighted by atomic mass is 9.98. The van der Waals surface area contributed by atoms with Crippen molar-refractivity contribution in [2.24, 2.45) is 5.92 Å². The van der Waals surface area contributed by atoms with Crippen molar-refractivity contribution in [3.05, 3.63) is 39.9 Å². The van der Waals surface area contributed by atoms with Gasteiger partial charge in [-0.05, 0) is 75.0 Å². The van der Waals surface area contributed by atoms with Gasteiger partial charge in [0.05, 0.1) is 10.0 Å². The first-order valence-electron chi connectivity index (χ1n) is 11.5.